The number of aromatic nitrogens is 4. The predicted octanol–water partition coefficient (Wildman–Crippen LogP) is 6.43. The fourth-order valence-electron chi connectivity index (χ4n) is 3.57. The minimum absolute atomic E-state index is 0.0835. The molecule has 0 saturated heterocycles. The zero-order valence-electron chi connectivity index (χ0n) is 19.4. The third-order valence-corrected chi connectivity index (χ3v) is 5.52. The molecule has 7 heteroatoms. The lowest BCUT2D eigenvalue weighted by Crippen LogP contribution is -2.10. The summed E-state index contributed by atoms with van der Waals surface area (Å²) in [6.07, 6.45) is 0. The first-order chi connectivity index (χ1) is 16.4. The molecule has 2 aromatic heterocycles. The first kappa shape index (κ1) is 21.6. The fourth-order valence-corrected chi connectivity index (χ4v) is 3.57. The number of methoxy groups -OCH3 is 1. The number of nitrogens with zero attached hydrogens (tertiary/aromatic N) is 4. The summed E-state index contributed by atoms with van der Waals surface area (Å²) in [6, 6.07) is 23.3. The Bertz CT molecular complexity index is 1430. The standard InChI is InChI=1S/C27H24N4O3/c1-27(2,3)21-13-11-17(12-14-21)23-28-29-24(33-23)18-7-5-8-19(15-18)25-30-31-26(34-25)20-9-6-10-22(16-20)32-4/h5-16H,1-4H3. The van der Waals surface area contributed by atoms with Crippen molar-refractivity contribution in [2.24, 2.45) is 0 Å². The zero-order chi connectivity index (χ0) is 23.7. The summed E-state index contributed by atoms with van der Waals surface area (Å²) in [5.41, 5.74) is 4.52. The molecule has 5 aromatic rings. The van der Waals surface area contributed by atoms with Crippen LogP contribution in [0.5, 0.6) is 5.75 Å². The molecule has 0 aliphatic rings. The molecular formula is C27H24N4O3. The van der Waals surface area contributed by atoms with Crippen molar-refractivity contribution in [1.29, 1.82) is 0 Å². The average Bonchev–Trinajstić information content (AvgIpc) is 3.54. The molecule has 3 aromatic carbocycles. The number of ether oxygens (including phenoxy) is 1. The van der Waals surface area contributed by atoms with Crippen molar-refractivity contribution in [3.05, 3.63) is 78.4 Å². The third kappa shape index (κ3) is 4.32. The van der Waals surface area contributed by atoms with Gasteiger partial charge in [-0.2, -0.15) is 0 Å². The summed E-state index contributed by atoms with van der Waals surface area (Å²) in [5.74, 6) is 2.43. The molecule has 7 nitrogen and oxygen atoms in total. The highest BCUT2D eigenvalue weighted by Gasteiger charge is 2.17. The number of hydrogen-bond donors (Lipinski definition) is 0. The second-order valence-corrected chi connectivity index (χ2v) is 8.96. The highest BCUT2D eigenvalue weighted by Crippen LogP contribution is 2.31. The van der Waals surface area contributed by atoms with Gasteiger partial charge in [0.15, 0.2) is 0 Å². The molecule has 0 atom stereocenters. The van der Waals surface area contributed by atoms with E-state index in [0.717, 1.165) is 28.0 Å². The fraction of sp³-hybridized carbons (Fsp3) is 0.185. The average molecular weight is 453 g/mol. The van der Waals surface area contributed by atoms with Gasteiger partial charge in [0.2, 0.25) is 23.6 Å². The van der Waals surface area contributed by atoms with Crippen molar-refractivity contribution in [1.82, 2.24) is 20.4 Å². The summed E-state index contributed by atoms with van der Waals surface area (Å²) in [7, 11) is 1.62. The maximum Gasteiger partial charge on any atom is 0.248 e. The Morgan fingerprint density at radius 3 is 1.56 bits per heavy atom. The molecule has 0 N–H and O–H groups in total. The monoisotopic (exact) mass is 452 g/mol. The van der Waals surface area contributed by atoms with Crippen LogP contribution in [0.4, 0.5) is 0 Å². The highest BCUT2D eigenvalue weighted by atomic mass is 16.5. The van der Waals surface area contributed by atoms with Gasteiger partial charge in [0.25, 0.3) is 0 Å². The maximum atomic E-state index is 5.97. The van der Waals surface area contributed by atoms with Gasteiger partial charge in [0.1, 0.15) is 5.75 Å². The first-order valence-corrected chi connectivity index (χ1v) is 10.9. The molecule has 0 fully saturated rings. The van der Waals surface area contributed by atoms with Gasteiger partial charge in [-0.1, -0.05) is 45.0 Å². The van der Waals surface area contributed by atoms with Crippen LogP contribution in [-0.2, 0) is 5.41 Å². The normalized spacial score (nSPS) is 11.5. The molecule has 5 rings (SSSR count). The van der Waals surface area contributed by atoms with Gasteiger partial charge >= 0.3 is 0 Å². The quantitative estimate of drug-likeness (QED) is 0.304. The summed E-state index contributed by atoms with van der Waals surface area (Å²) in [5, 5.41) is 16.9. The Morgan fingerprint density at radius 2 is 1.06 bits per heavy atom. The predicted molar refractivity (Wildman–Crippen MR) is 129 cm³/mol. The van der Waals surface area contributed by atoms with E-state index >= 15 is 0 Å². The van der Waals surface area contributed by atoms with E-state index in [1.807, 2.05) is 60.7 Å². The Labute approximate surface area is 197 Å². The number of rotatable bonds is 5. The van der Waals surface area contributed by atoms with Gasteiger partial charge in [-0.25, -0.2) is 0 Å². The van der Waals surface area contributed by atoms with Gasteiger partial charge in [0.05, 0.1) is 7.11 Å². The molecule has 170 valence electrons. The minimum atomic E-state index is 0.0835. The molecule has 0 bridgehead atoms. The molecule has 0 radical (unpaired) electrons. The lowest BCUT2D eigenvalue weighted by Gasteiger charge is -2.18. The smallest absolute Gasteiger partial charge is 0.248 e. The molecule has 0 spiro atoms. The van der Waals surface area contributed by atoms with E-state index in [1.54, 1.807) is 7.11 Å². The van der Waals surface area contributed by atoms with Crippen LogP contribution in [0, 0.1) is 0 Å². The van der Waals surface area contributed by atoms with Crippen LogP contribution in [0.25, 0.3) is 45.8 Å². The van der Waals surface area contributed by atoms with Crippen LogP contribution in [0.1, 0.15) is 26.3 Å². The lowest BCUT2D eigenvalue weighted by molar-refractivity contribution is 0.415. The molecule has 0 aliphatic heterocycles. The highest BCUT2D eigenvalue weighted by molar-refractivity contribution is 5.66. The largest absolute Gasteiger partial charge is 0.497 e. The Balaban J connectivity index is 1.40. The summed E-state index contributed by atoms with van der Waals surface area (Å²) < 4.78 is 17.2. The first-order valence-electron chi connectivity index (χ1n) is 10.9. The van der Waals surface area contributed by atoms with Gasteiger partial charge in [0, 0.05) is 22.3 Å². The molecule has 0 saturated carbocycles. The van der Waals surface area contributed by atoms with Gasteiger partial charge < -0.3 is 13.6 Å². The van der Waals surface area contributed by atoms with Crippen LogP contribution in [0.15, 0.2) is 81.6 Å². The van der Waals surface area contributed by atoms with Crippen molar-refractivity contribution in [3.8, 4) is 51.6 Å². The molecule has 2 heterocycles. The third-order valence-electron chi connectivity index (χ3n) is 5.52. The van der Waals surface area contributed by atoms with E-state index in [1.165, 1.54) is 5.56 Å². The van der Waals surface area contributed by atoms with Crippen LogP contribution in [0.2, 0.25) is 0 Å². The summed E-state index contributed by atoms with van der Waals surface area (Å²) in [4.78, 5) is 0. The molecule has 0 aliphatic carbocycles. The summed E-state index contributed by atoms with van der Waals surface area (Å²) in [6.45, 7) is 6.55. The molecular weight excluding hydrogens is 428 g/mol. The number of hydrogen-bond acceptors (Lipinski definition) is 7. The lowest BCUT2D eigenvalue weighted by atomic mass is 9.87. The number of benzene rings is 3. The Kier molecular flexibility index (Phi) is 5.45. The SMILES string of the molecule is COc1cccc(-c2nnc(-c3cccc(-c4nnc(-c5ccc(C(C)(C)C)cc5)o4)c3)o2)c1. The molecule has 0 unspecified atom stereocenters. The van der Waals surface area contributed by atoms with Crippen LogP contribution < -0.4 is 4.74 Å². The van der Waals surface area contributed by atoms with Crippen molar-refractivity contribution in [2.75, 3.05) is 7.11 Å². The topological polar surface area (TPSA) is 87.1 Å². The van der Waals surface area contributed by atoms with Crippen LogP contribution in [0.3, 0.4) is 0 Å². The van der Waals surface area contributed by atoms with E-state index in [0.29, 0.717) is 23.6 Å². The van der Waals surface area contributed by atoms with Crippen molar-refractivity contribution in [2.45, 2.75) is 26.2 Å². The Morgan fingerprint density at radius 1 is 0.588 bits per heavy atom. The van der Waals surface area contributed by atoms with E-state index in [-0.39, 0.29) is 5.41 Å². The van der Waals surface area contributed by atoms with Crippen LogP contribution in [-0.4, -0.2) is 27.5 Å². The van der Waals surface area contributed by atoms with E-state index in [2.05, 4.69) is 53.3 Å². The minimum Gasteiger partial charge on any atom is -0.497 e. The van der Waals surface area contributed by atoms with Gasteiger partial charge in [-0.15, -0.1) is 20.4 Å². The second-order valence-electron chi connectivity index (χ2n) is 8.96. The van der Waals surface area contributed by atoms with Crippen molar-refractivity contribution < 1.29 is 13.6 Å². The zero-order valence-corrected chi connectivity index (χ0v) is 19.4. The van der Waals surface area contributed by atoms with Crippen molar-refractivity contribution >= 4 is 0 Å². The van der Waals surface area contributed by atoms with Crippen LogP contribution >= 0.6 is 0 Å². The van der Waals surface area contributed by atoms with Gasteiger partial charge in [-0.3, -0.25) is 0 Å². The molecule has 0 amide bonds. The van der Waals surface area contributed by atoms with E-state index in [4.69, 9.17) is 13.6 Å². The van der Waals surface area contributed by atoms with E-state index < -0.39 is 0 Å². The summed E-state index contributed by atoms with van der Waals surface area (Å²) >= 11 is 0. The Hall–Kier alpha value is -4.26. The molecule has 34 heavy (non-hydrogen) atoms. The van der Waals surface area contributed by atoms with E-state index in [9.17, 15) is 0 Å². The van der Waals surface area contributed by atoms with Gasteiger partial charge in [-0.05, 0) is 59.5 Å². The van der Waals surface area contributed by atoms with Crippen molar-refractivity contribution in [3.63, 3.8) is 0 Å². The maximum absolute atomic E-state index is 5.97. The second kappa shape index (κ2) is 8.59.